The van der Waals surface area contributed by atoms with Gasteiger partial charge in [0.25, 0.3) is 0 Å². The van der Waals surface area contributed by atoms with Crippen LogP contribution in [0.25, 0.3) is 0 Å². The van der Waals surface area contributed by atoms with Crippen molar-refractivity contribution >= 4 is 28.1 Å². The third-order valence-electron chi connectivity index (χ3n) is 3.70. The summed E-state index contributed by atoms with van der Waals surface area (Å²) in [6.45, 7) is 6.05. The number of rotatable bonds is 4. The van der Waals surface area contributed by atoms with E-state index in [1.165, 1.54) is 11.3 Å². The molecule has 0 unspecified atom stereocenters. The first kappa shape index (κ1) is 15.8. The minimum atomic E-state index is -0.310. The SMILES string of the molecule is CCOC(=O)c1c(N/C=C2/CCCCC2=O)sc(C)c1C. The smallest absolute Gasteiger partial charge is 0.341 e. The second-order valence-corrected chi connectivity index (χ2v) is 6.38. The Morgan fingerprint density at radius 2 is 2.05 bits per heavy atom. The van der Waals surface area contributed by atoms with Gasteiger partial charge in [0.05, 0.1) is 12.2 Å². The summed E-state index contributed by atoms with van der Waals surface area (Å²) in [5.74, 6) is -0.105. The minimum absolute atomic E-state index is 0.205. The average molecular weight is 307 g/mol. The molecule has 1 saturated carbocycles. The lowest BCUT2D eigenvalue weighted by molar-refractivity contribution is -0.116. The zero-order valence-electron chi connectivity index (χ0n) is 12.7. The van der Waals surface area contributed by atoms with Crippen molar-refractivity contribution in [2.24, 2.45) is 0 Å². The maximum Gasteiger partial charge on any atom is 0.341 e. The lowest BCUT2D eigenvalue weighted by Gasteiger charge is -2.13. The van der Waals surface area contributed by atoms with Gasteiger partial charge in [0.1, 0.15) is 5.00 Å². The Balaban J connectivity index is 2.23. The molecule has 2 rings (SSSR count). The molecule has 1 aliphatic rings. The van der Waals surface area contributed by atoms with E-state index in [9.17, 15) is 9.59 Å². The number of thiophene rings is 1. The van der Waals surface area contributed by atoms with Crippen LogP contribution in [0, 0.1) is 13.8 Å². The molecule has 1 aromatic rings. The molecular weight excluding hydrogens is 286 g/mol. The number of ketones is 1. The van der Waals surface area contributed by atoms with Gasteiger partial charge in [0.2, 0.25) is 0 Å². The standard InChI is InChI=1S/C16H21NO3S/c1-4-20-16(19)14-10(2)11(3)21-15(14)17-9-12-7-5-6-8-13(12)18/h9,17H,4-8H2,1-3H3/b12-9-. The van der Waals surface area contributed by atoms with Gasteiger partial charge < -0.3 is 10.1 Å². The van der Waals surface area contributed by atoms with Crippen LogP contribution in [0.3, 0.4) is 0 Å². The van der Waals surface area contributed by atoms with E-state index in [2.05, 4.69) is 5.32 Å². The number of carbonyl (C=O) groups is 2. The van der Waals surface area contributed by atoms with Crippen molar-refractivity contribution in [2.75, 3.05) is 11.9 Å². The number of carbonyl (C=O) groups excluding carboxylic acids is 2. The minimum Gasteiger partial charge on any atom is -0.462 e. The molecule has 1 heterocycles. The van der Waals surface area contributed by atoms with Crippen molar-refractivity contribution in [3.8, 4) is 0 Å². The Hall–Kier alpha value is -1.62. The third kappa shape index (κ3) is 3.53. The quantitative estimate of drug-likeness (QED) is 0.675. The van der Waals surface area contributed by atoms with E-state index in [-0.39, 0.29) is 11.8 Å². The lowest BCUT2D eigenvalue weighted by Crippen LogP contribution is -2.11. The number of allylic oxidation sites excluding steroid dienone is 1. The predicted octanol–water partition coefficient (Wildman–Crippen LogP) is 3.98. The zero-order chi connectivity index (χ0) is 15.4. The molecule has 1 aliphatic carbocycles. The van der Waals surface area contributed by atoms with Gasteiger partial charge in [0.15, 0.2) is 5.78 Å². The van der Waals surface area contributed by atoms with E-state index in [0.29, 0.717) is 18.6 Å². The van der Waals surface area contributed by atoms with Crippen molar-refractivity contribution in [1.82, 2.24) is 0 Å². The lowest BCUT2D eigenvalue weighted by atomic mass is 9.94. The molecule has 0 saturated heterocycles. The van der Waals surface area contributed by atoms with Gasteiger partial charge >= 0.3 is 5.97 Å². The van der Waals surface area contributed by atoms with Crippen molar-refractivity contribution in [2.45, 2.75) is 46.5 Å². The van der Waals surface area contributed by atoms with Crippen LogP contribution < -0.4 is 5.32 Å². The topological polar surface area (TPSA) is 55.4 Å². The number of hydrogen-bond donors (Lipinski definition) is 1. The van der Waals surface area contributed by atoms with Crippen LogP contribution in [-0.4, -0.2) is 18.4 Å². The van der Waals surface area contributed by atoms with E-state index in [1.54, 1.807) is 13.1 Å². The molecule has 21 heavy (non-hydrogen) atoms. The van der Waals surface area contributed by atoms with E-state index in [4.69, 9.17) is 4.74 Å². The van der Waals surface area contributed by atoms with Crippen LogP contribution in [0.1, 0.15) is 53.4 Å². The highest BCUT2D eigenvalue weighted by Crippen LogP contribution is 2.33. The molecular formula is C16H21NO3S. The second-order valence-electron chi connectivity index (χ2n) is 5.15. The number of nitrogens with one attached hydrogen (secondary N) is 1. The van der Waals surface area contributed by atoms with Crippen molar-refractivity contribution in [3.05, 3.63) is 27.8 Å². The molecule has 0 atom stereocenters. The first-order chi connectivity index (χ1) is 10.0. The summed E-state index contributed by atoms with van der Waals surface area (Å²) in [4.78, 5) is 25.0. The van der Waals surface area contributed by atoms with Crippen LogP contribution in [0.15, 0.2) is 11.8 Å². The van der Waals surface area contributed by atoms with E-state index >= 15 is 0 Å². The summed E-state index contributed by atoms with van der Waals surface area (Å²) >= 11 is 1.52. The number of aryl methyl sites for hydroxylation is 1. The third-order valence-corrected chi connectivity index (χ3v) is 4.84. The molecule has 5 heteroatoms. The van der Waals surface area contributed by atoms with Gasteiger partial charge in [-0.3, -0.25) is 4.79 Å². The van der Waals surface area contributed by atoms with Gasteiger partial charge in [-0.25, -0.2) is 4.79 Å². The Labute approximate surface area is 129 Å². The number of esters is 1. The van der Waals surface area contributed by atoms with Crippen LogP contribution in [0.2, 0.25) is 0 Å². The second kappa shape index (κ2) is 6.89. The fraction of sp³-hybridized carbons (Fsp3) is 0.500. The summed E-state index contributed by atoms with van der Waals surface area (Å²) in [6, 6.07) is 0. The first-order valence-electron chi connectivity index (χ1n) is 7.30. The maximum absolute atomic E-state index is 12.1. The largest absolute Gasteiger partial charge is 0.462 e. The Bertz CT molecular complexity index is 587. The molecule has 0 radical (unpaired) electrons. The Morgan fingerprint density at radius 3 is 2.71 bits per heavy atom. The predicted molar refractivity (Wildman–Crippen MR) is 84.9 cm³/mol. The van der Waals surface area contributed by atoms with Crippen LogP contribution >= 0.6 is 11.3 Å². The first-order valence-corrected chi connectivity index (χ1v) is 8.12. The van der Waals surface area contributed by atoms with Crippen LogP contribution in [-0.2, 0) is 9.53 Å². The number of anilines is 1. The Kier molecular flexibility index (Phi) is 5.17. The highest BCUT2D eigenvalue weighted by molar-refractivity contribution is 7.16. The van der Waals surface area contributed by atoms with Crippen LogP contribution in [0.5, 0.6) is 0 Å². The fourth-order valence-corrected chi connectivity index (χ4v) is 3.40. The van der Waals surface area contributed by atoms with Crippen LogP contribution in [0.4, 0.5) is 5.00 Å². The molecule has 0 amide bonds. The molecule has 4 nitrogen and oxygen atoms in total. The molecule has 1 N–H and O–H groups in total. The zero-order valence-corrected chi connectivity index (χ0v) is 13.6. The number of hydrogen-bond acceptors (Lipinski definition) is 5. The van der Waals surface area contributed by atoms with E-state index < -0.39 is 0 Å². The number of Topliss-reactive ketones (excluding diaryl/α,β-unsaturated/α-hetero) is 1. The van der Waals surface area contributed by atoms with Crippen molar-refractivity contribution in [3.63, 3.8) is 0 Å². The van der Waals surface area contributed by atoms with E-state index in [0.717, 1.165) is 40.3 Å². The van der Waals surface area contributed by atoms with Crippen molar-refractivity contribution < 1.29 is 14.3 Å². The summed E-state index contributed by atoms with van der Waals surface area (Å²) in [7, 11) is 0. The summed E-state index contributed by atoms with van der Waals surface area (Å²) in [6.07, 6.45) is 5.22. The summed E-state index contributed by atoms with van der Waals surface area (Å²) in [5, 5.41) is 3.91. The average Bonchev–Trinajstić information content (AvgIpc) is 2.73. The monoisotopic (exact) mass is 307 g/mol. The fourth-order valence-electron chi connectivity index (χ4n) is 2.38. The highest BCUT2D eigenvalue weighted by Gasteiger charge is 2.21. The molecule has 1 fully saturated rings. The maximum atomic E-state index is 12.1. The molecule has 1 aromatic heterocycles. The van der Waals surface area contributed by atoms with Gasteiger partial charge in [0, 0.05) is 23.1 Å². The highest BCUT2D eigenvalue weighted by atomic mass is 32.1. The molecule has 114 valence electrons. The normalized spacial score (nSPS) is 17.1. The van der Waals surface area contributed by atoms with Gasteiger partial charge in [-0.1, -0.05) is 0 Å². The molecule has 0 aliphatic heterocycles. The Morgan fingerprint density at radius 1 is 1.33 bits per heavy atom. The van der Waals surface area contributed by atoms with Gasteiger partial charge in [-0.2, -0.15) is 0 Å². The van der Waals surface area contributed by atoms with Crippen molar-refractivity contribution in [1.29, 1.82) is 0 Å². The van der Waals surface area contributed by atoms with Gasteiger partial charge in [-0.05, 0) is 45.6 Å². The summed E-state index contributed by atoms with van der Waals surface area (Å²) in [5.41, 5.74) is 2.34. The van der Waals surface area contributed by atoms with E-state index in [1.807, 2.05) is 13.8 Å². The molecule has 0 bridgehead atoms. The molecule has 0 aromatic carbocycles. The summed E-state index contributed by atoms with van der Waals surface area (Å²) < 4.78 is 5.12. The molecule has 0 spiro atoms. The number of ether oxygens (including phenoxy) is 1. The van der Waals surface area contributed by atoms with Gasteiger partial charge in [-0.15, -0.1) is 11.3 Å².